The fourth-order valence-electron chi connectivity index (χ4n) is 3.26. The van der Waals surface area contributed by atoms with E-state index in [2.05, 4.69) is 10.9 Å². The van der Waals surface area contributed by atoms with Crippen molar-refractivity contribution in [2.24, 2.45) is 17.8 Å². The van der Waals surface area contributed by atoms with Gasteiger partial charge >= 0.3 is 0 Å². The standard InChI is InChI=1S/C14H17N3O3/c18-14(13-11-3-1-2-4-12(11)13)16-15-9-5-7-10(8-6-9)17(19)20/h5-8,11-13,15H,1-4H2,(H,16,18)/t11-,12-/m1/s1. The lowest BCUT2D eigenvalue weighted by molar-refractivity contribution is -0.384. The first kappa shape index (κ1) is 12.9. The number of anilines is 1. The molecular weight excluding hydrogens is 258 g/mol. The second-order valence-corrected chi connectivity index (χ2v) is 5.56. The van der Waals surface area contributed by atoms with Crippen LogP contribution < -0.4 is 10.9 Å². The van der Waals surface area contributed by atoms with Gasteiger partial charge in [0.1, 0.15) is 0 Å². The summed E-state index contributed by atoms with van der Waals surface area (Å²) in [6.07, 6.45) is 4.81. The van der Waals surface area contributed by atoms with Crippen molar-refractivity contribution in [1.29, 1.82) is 0 Å². The zero-order valence-electron chi connectivity index (χ0n) is 11.0. The zero-order valence-corrected chi connectivity index (χ0v) is 11.0. The van der Waals surface area contributed by atoms with Crippen molar-refractivity contribution in [2.75, 3.05) is 5.43 Å². The van der Waals surface area contributed by atoms with E-state index >= 15 is 0 Å². The van der Waals surface area contributed by atoms with Crippen LogP contribution in [0.15, 0.2) is 24.3 Å². The van der Waals surface area contributed by atoms with E-state index in [0.29, 0.717) is 17.5 Å². The molecule has 1 aromatic rings. The number of nitrogens with zero attached hydrogens (tertiary/aromatic N) is 1. The van der Waals surface area contributed by atoms with E-state index in [0.717, 1.165) is 0 Å². The average molecular weight is 275 g/mol. The Labute approximate surface area is 116 Å². The molecule has 2 aliphatic carbocycles. The lowest BCUT2D eigenvalue weighted by atomic mass is 10.0. The van der Waals surface area contributed by atoms with Crippen LogP contribution in [0.4, 0.5) is 11.4 Å². The van der Waals surface area contributed by atoms with Gasteiger partial charge in [0, 0.05) is 18.1 Å². The Morgan fingerprint density at radius 1 is 1.15 bits per heavy atom. The summed E-state index contributed by atoms with van der Waals surface area (Å²) in [6.45, 7) is 0. The van der Waals surface area contributed by atoms with Gasteiger partial charge in [-0.15, -0.1) is 0 Å². The van der Waals surface area contributed by atoms with Crippen molar-refractivity contribution in [3.05, 3.63) is 34.4 Å². The Balaban J connectivity index is 1.52. The number of carbonyl (C=O) groups excluding carboxylic acids is 1. The molecule has 6 nitrogen and oxygen atoms in total. The number of fused-ring (bicyclic) bond motifs is 1. The quantitative estimate of drug-likeness (QED) is 0.653. The molecule has 0 radical (unpaired) electrons. The maximum Gasteiger partial charge on any atom is 0.269 e. The van der Waals surface area contributed by atoms with E-state index < -0.39 is 4.92 Å². The Bertz CT molecular complexity index is 517. The third-order valence-electron chi connectivity index (χ3n) is 4.37. The van der Waals surface area contributed by atoms with E-state index in [9.17, 15) is 14.9 Å². The van der Waals surface area contributed by atoms with Crippen LogP contribution in [0.3, 0.4) is 0 Å². The van der Waals surface area contributed by atoms with Gasteiger partial charge in [-0.05, 0) is 36.8 Å². The van der Waals surface area contributed by atoms with Crippen LogP contribution in [0, 0.1) is 27.9 Å². The Morgan fingerprint density at radius 2 is 1.75 bits per heavy atom. The van der Waals surface area contributed by atoms with Crippen LogP contribution in [0.2, 0.25) is 0 Å². The number of carbonyl (C=O) groups is 1. The predicted octanol–water partition coefficient (Wildman–Crippen LogP) is 2.47. The minimum atomic E-state index is -0.447. The second kappa shape index (κ2) is 5.11. The Hall–Kier alpha value is -2.11. The van der Waals surface area contributed by atoms with Crippen LogP contribution in [0.5, 0.6) is 0 Å². The number of hydrazine groups is 1. The van der Waals surface area contributed by atoms with Crippen molar-refractivity contribution in [2.45, 2.75) is 25.7 Å². The highest BCUT2D eigenvalue weighted by Gasteiger charge is 2.54. The van der Waals surface area contributed by atoms with Crippen molar-refractivity contribution >= 4 is 17.3 Å². The second-order valence-electron chi connectivity index (χ2n) is 5.56. The normalized spacial score (nSPS) is 27.3. The van der Waals surface area contributed by atoms with Crippen LogP contribution >= 0.6 is 0 Å². The molecule has 6 heteroatoms. The van der Waals surface area contributed by atoms with Crippen LogP contribution in [0.1, 0.15) is 25.7 Å². The molecule has 2 N–H and O–H groups in total. The van der Waals surface area contributed by atoms with Crippen LogP contribution in [-0.2, 0) is 4.79 Å². The van der Waals surface area contributed by atoms with Gasteiger partial charge in [0.15, 0.2) is 0 Å². The highest BCUT2D eigenvalue weighted by atomic mass is 16.6. The maximum atomic E-state index is 12.0. The number of nitro groups is 1. The third kappa shape index (κ3) is 2.45. The molecule has 0 unspecified atom stereocenters. The van der Waals surface area contributed by atoms with E-state index in [1.165, 1.54) is 37.8 Å². The predicted molar refractivity (Wildman–Crippen MR) is 73.8 cm³/mol. The molecule has 1 aromatic carbocycles. The molecule has 20 heavy (non-hydrogen) atoms. The van der Waals surface area contributed by atoms with Crippen molar-refractivity contribution in [3.8, 4) is 0 Å². The molecule has 2 saturated carbocycles. The molecule has 2 fully saturated rings. The lowest BCUT2D eigenvalue weighted by Crippen LogP contribution is -2.31. The van der Waals surface area contributed by atoms with Crippen molar-refractivity contribution in [3.63, 3.8) is 0 Å². The first-order chi connectivity index (χ1) is 9.66. The minimum Gasteiger partial charge on any atom is -0.299 e. The number of hydrogen-bond donors (Lipinski definition) is 2. The SMILES string of the molecule is O=C(NNc1ccc([N+](=O)[O-])cc1)C1[C@@H]2CCCC[C@@H]12. The first-order valence-corrected chi connectivity index (χ1v) is 6.97. The summed E-state index contributed by atoms with van der Waals surface area (Å²) >= 11 is 0. The molecular formula is C14H17N3O3. The van der Waals surface area contributed by atoms with E-state index in [-0.39, 0.29) is 17.5 Å². The van der Waals surface area contributed by atoms with E-state index in [1.54, 1.807) is 12.1 Å². The molecule has 2 atom stereocenters. The van der Waals surface area contributed by atoms with Crippen LogP contribution in [0.25, 0.3) is 0 Å². The summed E-state index contributed by atoms with van der Waals surface area (Å²) in [4.78, 5) is 22.1. The average Bonchev–Trinajstić information content (AvgIpc) is 3.19. The van der Waals surface area contributed by atoms with Gasteiger partial charge in [0.05, 0.1) is 10.6 Å². The highest BCUT2D eigenvalue weighted by molar-refractivity contribution is 5.83. The monoisotopic (exact) mass is 275 g/mol. The molecule has 0 aliphatic heterocycles. The van der Waals surface area contributed by atoms with Gasteiger partial charge in [-0.25, -0.2) is 0 Å². The van der Waals surface area contributed by atoms with Gasteiger partial charge < -0.3 is 0 Å². The fourth-order valence-corrected chi connectivity index (χ4v) is 3.26. The first-order valence-electron chi connectivity index (χ1n) is 6.97. The van der Waals surface area contributed by atoms with E-state index in [4.69, 9.17) is 0 Å². The van der Waals surface area contributed by atoms with Crippen molar-refractivity contribution in [1.82, 2.24) is 5.43 Å². The molecule has 106 valence electrons. The van der Waals surface area contributed by atoms with Gasteiger partial charge in [0.2, 0.25) is 5.91 Å². The molecule has 0 saturated heterocycles. The number of nitro benzene ring substituents is 1. The summed E-state index contributed by atoms with van der Waals surface area (Å²) in [7, 11) is 0. The molecule has 0 spiro atoms. The minimum absolute atomic E-state index is 0.0371. The summed E-state index contributed by atoms with van der Waals surface area (Å²) in [5, 5.41) is 10.5. The molecule has 1 amide bonds. The number of benzene rings is 1. The van der Waals surface area contributed by atoms with Crippen molar-refractivity contribution < 1.29 is 9.72 Å². The summed E-state index contributed by atoms with van der Waals surface area (Å²) in [5.41, 5.74) is 6.21. The number of nitrogens with one attached hydrogen (secondary N) is 2. The van der Waals surface area contributed by atoms with Gasteiger partial charge in [-0.2, -0.15) is 0 Å². The zero-order chi connectivity index (χ0) is 14.1. The smallest absolute Gasteiger partial charge is 0.269 e. The van der Waals surface area contributed by atoms with Gasteiger partial charge in [-0.1, -0.05) is 12.8 Å². The molecule has 0 bridgehead atoms. The fraction of sp³-hybridized carbons (Fsp3) is 0.500. The molecule has 0 heterocycles. The number of amides is 1. The Morgan fingerprint density at radius 3 is 2.30 bits per heavy atom. The van der Waals surface area contributed by atoms with Gasteiger partial charge in [0.25, 0.3) is 5.69 Å². The summed E-state index contributed by atoms with van der Waals surface area (Å²) in [5.74, 6) is 1.34. The summed E-state index contributed by atoms with van der Waals surface area (Å²) < 4.78 is 0. The number of rotatable bonds is 4. The summed E-state index contributed by atoms with van der Waals surface area (Å²) in [6, 6.07) is 5.98. The van der Waals surface area contributed by atoms with E-state index in [1.807, 2.05) is 0 Å². The maximum absolute atomic E-state index is 12.0. The largest absolute Gasteiger partial charge is 0.299 e. The number of non-ortho nitro benzene ring substituents is 1. The Kier molecular flexibility index (Phi) is 3.30. The molecule has 0 aromatic heterocycles. The highest BCUT2D eigenvalue weighted by Crippen LogP contribution is 2.55. The third-order valence-corrected chi connectivity index (χ3v) is 4.37. The lowest BCUT2D eigenvalue weighted by Gasteiger charge is -2.08. The van der Waals surface area contributed by atoms with Crippen LogP contribution in [-0.4, -0.2) is 10.8 Å². The molecule has 2 aliphatic rings. The topological polar surface area (TPSA) is 84.3 Å². The molecule has 3 rings (SSSR count). The number of hydrogen-bond acceptors (Lipinski definition) is 4. The van der Waals surface area contributed by atoms with Gasteiger partial charge in [-0.3, -0.25) is 25.8 Å².